The topological polar surface area (TPSA) is 91.7 Å². The van der Waals surface area contributed by atoms with Crippen LogP contribution in [0.4, 0.5) is 20.3 Å². The summed E-state index contributed by atoms with van der Waals surface area (Å²) in [6.45, 7) is 0.895. The maximum atomic E-state index is 13.2. The van der Waals surface area contributed by atoms with Crippen molar-refractivity contribution in [2.45, 2.75) is 12.8 Å². The number of aromatic amines is 1. The standard InChI is InChI=1S/C27H23F2N7O/c1-16-21(13-31-34-16)17-5-7-20(8-6-17)32-24-9-10-30-25(33-24)19-4-3-18-11-23(35(2)22(18)12-19)26(37)36-14-27(28,29)15-36/h3-13H,14-15H2,1-2H3,(H,31,34)(H,30,32,33). The molecule has 5 aromatic rings. The van der Waals surface area contributed by atoms with E-state index in [0.717, 1.165) is 43.9 Å². The zero-order valence-corrected chi connectivity index (χ0v) is 20.2. The van der Waals surface area contributed by atoms with E-state index in [1.165, 1.54) is 0 Å². The monoisotopic (exact) mass is 499 g/mol. The molecule has 0 spiro atoms. The van der Waals surface area contributed by atoms with Crippen LogP contribution in [0.1, 0.15) is 16.2 Å². The quantitative estimate of drug-likeness (QED) is 0.348. The fourth-order valence-electron chi connectivity index (χ4n) is 4.58. The maximum absolute atomic E-state index is 13.2. The highest BCUT2D eigenvalue weighted by atomic mass is 19.3. The first-order chi connectivity index (χ1) is 17.8. The molecular weight excluding hydrogens is 476 g/mol. The molecule has 1 fully saturated rings. The Morgan fingerprint density at radius 1 is 1.05 bits per heavy atom. The molecule has 1 amide bonds. The van der Waals surface area contributed by atoms with Gasteiger partial charge in [-0.15, -0.1) is 0 Å². The van der Waals surface area contributed by atoms with E-state index in [4.69, 9.17) is 0 Å². The highest BCUT2D eigenvalue weighted by molar-refractivity contribution is 6.00. The molecule has 0 atom stereocenters. The van der Waals surface area contributed by atoms with Crippen LogP contribution in [0.3, 0.4) is 0 Å². The van der Waals surface area contributed by atoms with Crippen LogP contribution in [0.5, 0.6) is 0 Å². The number of hydrogen-bond acceptors (Lipinski definition) is 5. The van der Waals surface area contributed by atoms with Gasteiger partial charge in [-0.3, -0.25) is 9.89 Å². The number of likely N-dealkylation sites (tertiary alicyclic amines) is 1. The fraction of sp³-hybridized carbons (Fsp3) is 0.185. The lowest BCUT2D eigenvalue weighted by atomic mass is 10.1. The number of anilines is 2. The number of alkyl halides is 2. The Bertz CT molecular complexity index is 1630. The van der Waals surface area contributed by atoms with E-state index >= 15 is 0 Å². The predicted octanol–water partition coefficient (Wildman–Crippen LogP) is 5.17. The largest absolute Gasteiger partial charge is 0.340 e. The zero-order chi connectivity index (χ0) is 25.7. The Labute approximate surface area is 211 Å². The second-order valence-electron chi connectivity index (χ2n) is 9.26. The Morgan fingerprint density at radius 2 is 1.81 bits per heavy atom. The van der Waals surface area contributed by atoms with Gasteiger partial charge in [0.2, 0.25) is 0 Å². The first-order valence-electron chi connectivity index (χ1n) is 11.7. The van der Waals surface area contributed by atoms with Crippen molar-refractivity contribution in [2.75, 3.05) is 18.4 Å². The van der Waals surface area contributed by atoms with E-state index < -0.39 is 24.9 Å². The van der Waals surface area contributed by atoms with Gasteiger partial charge in [-0.25, -0.2) is 18.7 Å². The van der Waals surface area contributed by atoms with Crippen molar-refractivity contribution in [1.29, 1.82) is 0 Å². The molecule has 2 N–H and O–H groups in total. The average molecular weight is 500 g/mol. The summed E-state index contributed by atoms with van der Waals surface area (Å²) >= 11 is 0. The number of nitrogens with zero attached hydrogens (tertiary/aromatic N) is 5. The second-order valence-corrected chi connectivity index (χ2v) is 9.26. The van der Waals surface area contributed by atoms with E-state index in [9.17, 15) is 13.6 Å². The van der Waals surface area contributed by atoms with E-state index in [0.29, 0.717) is 17.3 Å². The molecular formula is C27H23F2N7O. The summed E-state index contributed by atoms with van der Waals surface area (Å²) in [6.07, 6.45) is 3.49. The number of rotatable bonds is 5. The summed E-state index contributed by atoms with van der Waals surface area (Å²) < 4.78 is 28.2. The number of nitrogens with one attached hydrogen (secondary N) is 2. The Morgan fingerprint density at radius 3 is 2.51 bits per heavy atom. The number of halogens is 2. The molecule has 0 saturated carbocycles. The number of carbonyl (C=O) groups is 1. The summed E-state index contributed by atoms with van der Waals surface area (Å²) in [5.74, 6) is -2.04. The van der Waals surface area contributed by atoms with Crippen molar-refractivity contribution in [2.24, 2.45) is 7.05 Å². The van der Waals surface area contributed by atoms with Gasteiger partial charge in [0, 0.05) is 46.7 Å². The molecule has 186 valence electrons. The van der Waals surface area contributed by atoms with Gasteiger partial charge in [0.25, 0.3) is 11.8 Å². The van der Waals surface area contributed by atoms with Gasteiger partial charge in [-0.05, 0) is 42.8 Å². The summed E-state index contributed by atoms with van der Waals surface area (Å²) in [7, 11) is 1.75. The van der Waals surface area contributed by atoms with Gasteiger partial charge in [-0.1, -0.05) is 24.3 Å². The van der Waals surface area contributed by atoms with E-state index in [1.54, 1.807) is 36.1 Å². The van der Waals surface area contributed by atoms with Crippen LogP contribution in [0.2, 0.25) is 0 Å². The molecule has 0 bridgehead atoms. The minimum Gasteiger partial charge on any atom is -0.340 e. The van der Waals surface area contributed by atoms with Crippen LogP contribution < -0.4 is 5.32 Å². The Hall–Kier alpha value is -4.60. The van der Waals surface area contributed by atoms with Crippen LogP contribution in [0.25, 0.3) is 33.4 Å². The highest BCUT2D eigenvalue weighted by Gasteiger charge is 2.46. The Kier molecular flexibility index (Phi) is 5.25. The molecule has 8 nitrogen and oxygen atoms in total. The van der Waals surface area contributed by atoms with Crippen molar-refractivity contribution in [3.05, 3.63) is 78.4 Å². The summed E-state index contributed by atoms with van der Waals surface area (Å²) in [5.41, 5.74) is 5.95. The van der Waals surface area contributed by atoms with E-state index in [1.807, 2.05) is 49.4 Å². The number of fused-ring (bicyclic) bond motifs is 1. The van der Waals surface area contributed by atoms with Crippen molar-refractivity contribution < 1.29 is 13.6 Å². The SMILES string of the molecule is Cc1[nH]ncc1-c1ccc(Nc2ccnc(-c3ccc4cc(C(=O)N5CC(F)(F)C5)n(C)c4c3)n2)cc1. The van der Waals surface area contributed by atoms with Gasteiger partial charge in [0.05, 0.1) is 19.3 Å². The van der Waals surface area contributed by atoms with Crippen LogP contribution in [0.15, 0.2) is 67.0 Å². The molecule has 0 radical (unpaired) electrons. The van der Waals surface area contributed by atoms with Crippen LogP contribution >= 0.6 is 0 Å². The third-order valence-electron chi connectivity index (χ3n) is 6.61. The third kappa shape index (κ3) is 4.20. The normalized spacial score (nSPS) is 14.5. The lowest BCUT2D eigenvalue weighted by Gasteiger charge is -2.38. The minimum absolute atomic E-state index is 0.369. The number of benzene rings is 2. The molecule has 3 aromatic heterocycles. The van der Waals surface area contributed by atoms with E-state index in [2.05, 4.69) is 25.5 Å². The third-order valence-corrected chi connectivity index (χ3v) is 6.61. The van der Waals surface area contributed by atoms with E-state index in [-0.39, 0.29) is 0 Å². The predicted molar refractivity (Wildman–Crippen MR) is 137 cm³/mol. The molecule has 10 heteroatoms. The maximum Gasteiger partial charge on any atom is 0.282 e. The second kappa shape index (κ2) is 8.51. The summed E-state index contributed by atoms with van der Waals surface area (Å²) in [5, 5.41) is 11.2. The van der Waals surface area contributed by atoms with Crippen molar-refractivity contribution >= 4 is 28.3 Å². The number of H-pyrrole nitrogens is 1. The van der Waals surface area contributed by atoms with Crippen LogP contribution in [-0.2, 0) is 7.05 Å². The number of hydrogen-bond donors (Lipinski definition) is 2. The lowest BCUT2D eigenvalue weighted by Crippen LogP contribution is -2.58. The molecule has 0 aliphatic carbocycles. The molecule has 37 heavy (non-hydrogen) atoms. The number of aromatic nitrogens is 5. The molecule has 1 aliphatic rings. The summed E-state index contributed by atoms with van der Waals surface area (Å²) in [6, 6.07) is 17.2. The van der Waals surface area contributed by atoms with Gasteiger partial charge in [0.1, 0.15) is 11.5 Å². The highest BCUT2D eigenvalue weighted by Crippen LogP contribution is 2.31. The zero-order valence-electron chi connectivity index (χ0n) is 20.2. The smallest absolute Gasteiger partial charge is 0.282 e. The molecule has 1 saturated heterocycles. The first kappa shape index (κ1) is 22.8. The molecule has 4 heterocycles. The van der Waals surface area contributed by atoms with Gasteiger partial charge >= 0.3 is 0 Å². The Balaban J connectivity index is 1.23. The van der Waals surface area contributed by atoms with Crippen LogP contribution in [-0.4, -0.2) is 54.6 Å². The number of aryl methyl sites for hydroxylation is 2. The minimum atomic E-state index is -2.80. The van der Waals surface area contributed by atoms with Gasteiger partial charge < -0.3 is 14.8 Å². The van der Waals surface area contributed by atoms with Crippen molar-refractivity contribution in [1.82, 2.24) is 29.6 Å². The van der Waals surface area contributed by atoms with Crippen molar-refractivity contribution in [3.8, 4) is 22.5 Å². The number of carbonyl (C=O) groups excluding carboxylic acids is 1. The van der Waals surface area contributed by atoms with Crippen molar-refractivity contribution in [3.63, 3.8) is 0 Å². The van der Waals surface area contributed by atoms with Crippen LogP contribution in [0, 0.1) is 6.92 Å². The lowest BCUT2D eigenvalue weighted by molar-refractivity contribution is -0.113. The molecule has 0 unspecified atom stereocenters. The fourth-order valence-corrected chi connectivity index (χ4v) is 4.58. The van der Waals surface area contributed by atoms with Gasteiger partial charge in [-0.2, -0.15) is 5.10 Å². The summed E-state index contributed by atoms with van der Waals surface area (Å²) in [4.78, 5) is 23.0. The van der Waals surface area contributed by atoms with Gasteiger partial charge in [0.15, 0.2) is 5.82 Å². The molecule has 2 aromatic carbocycles. The first-order valence-corrected chi connectivity index (χ1v) is 11.7. The average Bonchev–Trinajstić information content (AvgIpc) is 3.45. The number of amides is 1. The molecule has 1 aliphatic heterocycles. The molecule has 6 rings (SSSR count).